The summed E-state index contributed by atoms with van der Waals surface area (Å²) in [5.74, 6) is 0.935. The molecule has 2 saturated heterocycles. The lowest BCUT2D eigenvalue weighted by molar-refractivity contribution is 0.0907. The van der Waals surface area contributed by atoms with Crippen LogP contribution in [0.25, 0.3) is 0 Å². The summed E-state index contributed by atoms with van der Waals surface area (Å²) in [5.41, 5.74) is 0. The summed E-state index contributed by atoms with van der Waals surface area (Å²) in [4.78, 5) is 2.73. The van der Waals surface area contributed by atoms with E-state index in [0.717, 1.165) is 18.0 Å². The summed E-state index contributed by atoms with van der Waals surface area (Å²) in [7, 11) is 0. The Morgan fingerprint density at radius 1 is 1.09 bits per heavy atom. The minimum absolute atomic E-state index is 0.858. The van der Waals surface area contributed by atoms with Gasteiger partial charge in [0.15, 0.2) is 0 Å². The summed E-state index contributed by atoms with van der Waals surface area (Å²) in [6.07, 6.45) is 5.84. The summed E-state index contributed by atoms with van der Waals surface area (Å²) in [6.45, 7) is 6.18. The summed E-state index contributed by atoms with van der Waals surface area (Å²) < 4.78 is 0. The van der Waals surface area contributed by atoms with Crippen LogP contribution in [0.1, 0.15) is 39.5 Å². The highest BCUT2D eigenvalue weighted by molar-refractivity contribution is 4.89. The van der Waals surface area contributed by atoms with Crippen LogP contribution in [0, 0.1) is 5.92 Å². The third kappa shape index (κ3) is 1.20. The Morgan fingerprint density at radius 3 is 2.73 bits per heavy atom. The van der Waals surface area contributed by atoms with Crippen molar-refractivity contribution in [3.05, 3.63) is 0 Å². The van der Waals surface area contributed by atoms with Crippen LogP contribution in [-0.2, 0) is 0 Å². The molecular weight excluding hydrogens is 134 g/mol. The van der Waals surface area contributed by atoms with Gasteiger partial charge in [0.2, 0.25) is 0 Å². The first kappa shape index (κ1) is 7.60. The number of hydrogen-bond donors (Lipinski definition) is 0. The Morgan fingerprint density at radius 2 is 1.91 bits per heavy atom. The summed E-state index contributed by atoms with van der Waals surface area (Å²) >= 11 is 0. The predicted molar refractivity (Wildman–Crippen MR) is 47.6 cm³/mol. The Hall–Kier alpha value is -0.0400. The van der Waals surface area contributed by atoms with Crippen molar-refractivity contribution in [1.29, 1.82) is 0 Å². The van der Waals surface area contributed by atoms with Crippen LogP contribution in [-0.4, -0.2) is 23.5 Å². The molecule has 1 heteroatoms. The fraction of sp³-hybridized carbons (Fsp3) is 1.00. The Bertz CT molecular complexity index is 144. The lowest BCUT2D eigenvalue weighted by Crippen LogP contribution is -2.45. The van der Waals surface area contributed by atoms with Crippen molar-refractivity contribution >= 4 is 0 Å². The SMILES string of the molecule is CC1CCC2CCCN2C1C. The molecule has 0 bridgehead atoms. The molecule has 0 N–H and O–H groups in total. The van der Waals surface area contributed by atoms with E-state index >= 15 is 0 Å². The maximum absolute atomic E-state index is 2.73. The van der Waals surface area contributed by atoms with Gasteiger partial charge in [0.05, 0.1) is 0 Å². The Kier molecular flexibility index (Phi) is 1.92. The molecule has 0 spiro atoms. The molecule has 3 atom stereocenters. The molecular formula is C10H19N. The van der Waals surface area contributed by atoms with Gasteiger partial charge in [0, 0.05) is 12.1 Å². The molecule has 64 valence electrons. The average molecular weight is 153 g/mol. The largest absolute Gasteiger partial charge is 0.297 e. The number of fused-ring (bicyclic) bond motifs is 1. The van der Waals surface area contributed by atoms with E-state index in [2.05, 4.69) is 18.7 Å². The maximum Gasteiger partial charge on any atom is 0.00987 e. The smallest absolute Gasteiger partial charge is 0.00987 e. The van der Waals surface area contributed by atoms with E-state index in [1.165, 1.54) is 32.2 Å². The normalized spacial score (nSPS) is 45.8. The third-order valence-electron chi connectivity index (χ3n) is 3.72. The van der Waals surface area contributed by atoms with Gasteiger partial charge in [0.1, 0.15) is 0 Å². The van der Waals surface area contributed by atoms with Gasteiger partial charge in [-0.25, -0.2) is 0 Å². The van der Waals surface area contributed by atoms with Crippen molar-refractivity contribution in [3.63, 3.8) is 0 Å². The van der Waals surface area contributed by atoms with E-state index in [4.69, 9.17) is 0 Å². The highest BCUT2D eigenvalue weighted by Crippen LogP contribution is 2.33. The van der Waals surface area contributed by atoms with E-state index in [1.807, 2.05) is 0 Å². The second-order valence-electron chi connectivity index (χ2n) is 4.33. The van der Waals surface area contributed by atoms with Crippen LogP contribution in [0.5, 0.6) is 0 Å². The van der Waals surface area contributed by atoms with Gasteiger partial charge < -0.3 is 0 Å². The van der Waals surface area contributed by atoms with E-state index in [1.54, 1.807) is 0 Å². The average Bonchev–Trinajstić information content (AvgIpc) is 2.45. The number of rotatable bonds is 0. The molecule has 0 aliphatic carbocycles. The van der Waals surface area contributed by atoms with Crippen LogP contribution in [0.15, 0.2) is 0 Å². The Labute approximate surface area is 69.8 Å². The molecule has 2 aliphatic rings. The standard InChI is InChI=1S/C10H19N/c1-8-5-6-10-4-3-7-11(10)9(8)2/h8-10H,3-7H2,1-2H3. The monoisotopic (exact) mass is 153 g/mol. The first-order valence-corrected chi connectivity index (χ1v) is 5.05. The molecule has 2 heterocycles. The topological polar surface area (TPSA) is 3.24 Å². The molecule has 1 nitrogen and oxygen atoms in total. The fourth-order valence-corrected chi connectivity index (χ4v) is 2.73. The second-order valence-corrected chi connectivity index (χ2v) is 4.33. The lowest BCUT2D eigenvalue weighted by atomic mass is 9.88. The molecule has 0 saturated carbocycles. The van der Waals surface area contributed by atoms with Crippen LogP contribution in [0.4, 0.5) is 0 Å². The molecule has 0 aromatic rings. The highest BCUT2D eigenvalue weighted by atomic mass is 15.2. The van der Waals surface area contributed by atoms with Crippen molar-refractivity contribution in [1.82, 2.24) is 4.90 Å². The zero-order valence-electron chi connectivity index (χ0n) is 7.71. The van der Waals surface area contributed by atoms with Crippen LogP contribution < -0.4 is 0 Å². The first-order chi connectivity index (χ1) is 5.29. The summed E-state index contributed by atoms with van der Waals surface area (Å²) in [6, 6.07) is 1.82. The highest BCUT2D eigenvalue weighted by Gasteiger charge is 2.34. The van der Waals surface area contributed by atoms with Gasteiger partial charge in [-0.3, -0.25) is 4.90 Å². The predicted octanol–water partition coefficient (Wildman–Crippen LogP) is 2.27. The molecule has 2 rings (SSSR count). The maximum atomic E-state index is 2.73. The van der Waals surface area contributed by atoms with Gasteiger partial charge in [-0.2, -0.15) is 0 Å². The van der Waals surface area contributed by atoms with Gasteiger partial charge in [-0.1, -0.05) is 6.92 Å². The number of piperidine rings is 1. The van der Waals surface area contributed by atoms with Gasteiger partial charge in [-0.05, 0) is 45.1 Å². The van der Waals surface area contributed by atoms with Crippen molar-refractivity contribution < 1.29 is 0 Å². The number of nitrogens with zero attached hydrogens (tertiary/aromatic N) is 1. The van der Waals surface area contributed by atoms with Crippen molar-refractivity contribution in [3.8, 4) is 0 Å². The first-order valence-electron chi connectivity index (χ1n) is 5.05. The molecule has 11 heavy (non-hydrogen) atoms. The van der Waals surface area contributed by atoms with E-state index < -0.39 is 0 Å². The molecule has 2 aliphatic heterocycles. The zero-order valence-corrected chi connectivity index (χ0v) is 7.71. The van der Waals surface area contributed by atoms with Gasteiger partial charge in [0.25, 0.3) is 0 Å². The quantitative estimate of drug-likeness (QED) is 0.516. The zero-order chi connectivity index (χ0) is 7.84. The summed E-state index contributed by atoms with van der Waals surface area (Å²) in [5, 5.41) is 0. The van der Waals surface area contributed by atoms with Gasteiger partial charge in [-0.15, -0.1) is 0 Å². The number of hydrogen-bond acceptors (Lipinski definition) is 1. The Balaban J connectivity index is 2.06. The molecule has 3 unspecified atom stereocenters. The molecule has 0 aromatic carbocycles. The van der Waals surface area contributed by atoms with E-state index in [9.17, 15) is 0 Å². The molecule has 2 fully saturated rings. The minimum Gasteiger partial charge on any atom is -0.297 e. The van der Waals surface area contributed by atoms with Gasteiger partial charge >= 0.3 is 0 Å². The van der Waals surface area contributed by atoms with E-state index in [-0.39, 0.29) is 0 Å². The van der Waals surface area contributed by atoms with Crippen LogP contribution >= 0.6 is 0 Å². The van der Waals surface area contributed by atoms with Crippen molar-refractivity contribution in [2.24, 2.45) is 5.92 Å². The third-order valence-corrected chi connectivity index (χ3v) is 3.72. The minimum atomic E-state index is 0.858. The van der Waals surface area contributed by atoms with E-state index in [0.29, 0.717) is 0 Å². The van der Waals surface area contributed by atoms with Crippen molar-refractivity contribution in [2.45, 2.75) is 51.6 Å². The second kappa shape index (κ2) is 2.78. The van der Waals surface area contributed by atoms with Crippen LogP contribution in [0.2, 0.25) is 0 Å². The lowest BCUT2D eigenvalue weighted by Gasteiger charge is -2.39. The van der Waals surface area contributed by atoms with Crippen LogP contribution in [0.3, 0.4) is 0 Å². The molecule has 0 radical (unpaired) electrons. The molecule has 0 aromatic heterocycles. The van der Waals surface area contributed by atoms with Crippen molar-refractivity contribution in [2.75, 3.05) is 6.54 Å². The molecule has 0 amide bonds. The fourth-order valence-electron chi connectivity index (χ4n) is 2.73.